The Bertz CT molecular complexity index is 1070. The molecule has 0 aliphatic rings. The maximum atomic E-state index is 12.3. The van der Waals surface area contributed by atoms with Gasteiger partial charge in [-0.05, 0) is 44.2 Å². The molecule has 0 spiro atoms. The van der Waals surface area contributed by atoms with Crippen molar-refractivity contribution in [2.24, 2.45) is 0 Å². The number of thioether (sulfide) groups is 1. The van der Waals surface area contributed by atoms with Gasteiger partial charge in [0, 0.05) is 27.8 Å². The van der Waals surface area contributed by atoms with Crippen LogP contribution in [0.3, 0.4) is 0 Å². The fourth-order valence-corrected chi connectivity index (χ4v) is 4.14. The summed E-state index contributed by atoms with van der Waals surface area (Å²) >= 11 is 13.2. The van der Waals surface area contributed by atoms with E-state index in [2.05, 4.69) is 20.8 Å². The Labute approximate surface area is 194 Å². The molecule has 0 saturated heterocycles. The Morgan fingerprint density at radius 1 is 1.06 bits per heavy atom. The van der Waals surface area contributed by atoms with Crippen LogP contribution in [0.5, 0.6) is 0 Å². The molecule has 0 fully saturated rings. The second-order valence-corrected chi connectivity index (χ2v) is 8.50. The van der Waals surface area contributed by atoms with Gasteiger partial charge in [0.25, 0.3) is 5.91 Å². The highest BCUT2D eigenvalue weighted by atomic mass is 35.5. The average molecular weight is 478 g/mol. The van der Waals surface area contributed by atoms with Crippen LogP contribution in [0.4, 0.5) is 5.69 Å². The first-order chi connectivity index (χ1) is 14.9. The molecule has 0 saturated carbocycles. The van der Waals surface area contributed by atoms with Crippen molar-refractivity contribution in [3.8, 4) is 0 Å². The number of nitrogens with zero attached hydrogens (tertiary/aromatic N) is 3. The summed E-state index contributed by atoms with van der Waals surface area (Å²) in [6, 6.07) is 12.2. The van der Waals surface area contributed by atoms with Gasteiger partial charge in [-0.1, -0.05) is 52.7 Å². The van der Waals surface area contributed by atoms with Crippen molar-refractivity contribution < 1.29 is 9.59 Å². The largest absolute Gasteiger partial charge is 0.345 e. The third-order valence-electron chi connectivity index (χ3n) is 4.31. The van der Waals surface area contributed by atoms with E-state index in [1.54, 1.807) is 30.3 Å². The fraction of sp³-hybridized carbons (Fsp3) is 0.238. The van der Waals surface area contributed by atoms with Crippen molar-refractivity contribution in [3.63, 3.8) is 0 Å². The van der Waals surface area contributed by atoms with Crippen molar-refractivity contribution >= 4 is 52.5 Å². The lowest BCUT2D eigenvalue weighted by molar-refractivity contribution is -0.113. The van der Waals surface area contributed by atoms with E-state index in [1.165, 1.54) is 11.8 Å². The second kappa shape index (κ2) is 10.7. The molecular formula is C21H21Cl2N5O2S. The Hall–Kier alpha value is -2.55. The summed E-state index contributed by atoms with van der Waals surface area (Å²) in [5.74, 6) is 0.355. The molecule has 0 bridgehead atoms. The van der Waals surface area contributed by atoms with E-state index in [1.807, 2.05) is 30.5 Å². The third-order valence-corrected chi connectivity index (χ3v) is 5.71. The molecule has 0 radical (unpaired) electrons. The zero-order valence-electron chi connectivity index (χ0n) is 17.0. The summed E-state index contributed by atoms with van der Waals surface area (Å²) in [6.45, 7) is 4.76. The maximum Gasteiger partial charge on any atom is 0.251 e. The average Bonchev–Trinajstić information content (AvgIpc) is 3.12. The molecule has 31 heavy (non-hydrogen) atoms. The zero-order valence-corrected chi connectivity index (χ0v) is 19.3. The Kier molecular flexibility index (Phi) is 7.95. The number of carbonyl (C=O) groups excluding carboxylic acids is 2. The van der Waals surface area contributed by atoms with Gasteiger partial charge in [0.1, 0.15) is 0 Å². The van der Waals surface area contributed by atoms with E-state index in [-0.39, 0.29) is 24.1 Å². The van der Waals surface area contributed by atoms with Crippen molar-refractivity contribution in [2.45, 2.75) is 32.1 Å². The summed E-state index contributed by atoms with van der Waals surface area (Å²) in [7, 11) is 0. The summed E-state index contributed by atoms with van der Waals surface area (Å²) in [6.07, 6.45) is 0. The molecular weight excluding hydrogens is 457 g/mol. The van der Waals surface area contributed by atoms with Crippen molar-refractivity contribution in [1.82, 2.24) is 20.1 Å². The van der Waals surface area contributed by atoms with Gasteiger partial charge in [-0.2, -0.15) is 0 Å². The topological polar surface area (TPSA) is 88.9 Å². The zero-order chi connectivity index (χ0) is 22.4. The van der Waals surface area contributed by atoms with Crippen LogP contribution >= 0.6 is 35.0 Å². The molecule has 7 nitrogen and oxygen atoms in total. The van der Waals surface area contributed by atoms with Crippen LogP contribution in [0, 0.1) is 6.92 Å². The lowest BCUT2D eigenvalue weighted by Crippen LogP contribution is -2.24. The van der Waals surface area contributed by atoms with Crippen molar-refractivity contribution in [2.75, 3.05) is 11.1 Å². The molecule has 1 heterocycles. The molecule has 2 amide bonds. The van der Waals surface area contributed by atoms with Gasteiger partial charge in [-0.3, -0.25) is 9.59 Å². The van der Waals surface area contributed by atoms with E-state index in [4.69, 9.17) is 23.2 Å². The number of aromatic nitrogens is 3. The number of anilines is 1. The van der Waals surface area contributed by atoms with Gasteiger partial charge in [0.2, 0.25) is 5.91 Å². The highest BCUT2D eigenvalue weighted by Gasteiger charge is 2.15. The molecule has 10 heteroatoms. The van der Waals surface area contributed by atoms with Crippen molar-refractivity contribution in [1.29, 1.82) is 0 Å². The maximum absolute atomic E-state index is 12.3. The lowest BCUT2D eigenvalue weighted by Gasteiger charge is -2.09. The number of hydrogen-bond acceptors (Lipinski definition) is 5. The second-order valence-electron chi connectivity index (χ2n) is 6.69. The molecule has 0 atom stereocenters. The van der Waals surface area contributed by atoms with E-state index in [0.717, 1.165) is 5.56 Å². The number of hydrogen-bond donors (Lipinski definition) is 2. The number of carbonyl (C=O) groups is 2. The highest BCUT2D eigenvalue weighted by Crippen LogP contribution is 2.23. The molecule has 3 rings (SSSR count). The molecule has 0 aliphatic heterocycles. The van der Waals surface area contributed by atoms with Gasteiger partial charge in [0.05, 0.1) is 12.3 Å². The normalized spacial score (nSPS) is 10.7. The minimum Gasteiger partial charge on any atom is -0.345 e. The van der Waals surface area contributed by atoms with Crippen LogP contribution in [0.25, 0.3) is 0 Å². The first-order valence-corrected chi connectivity index (χ1v) is 11.3. The predicted octanol–water partition coefficient (Wildman–Crippen LogP) is 4.57. The third kappa shape index (κ3) is 6.46. The quantitative estimate of drug-likeness (QED) is 0.463. The minimum atomic E-state index is -0.219. The Morgan fingerprint density at radius 2 is 1.74 bits per heavy atom. The van der Waals surface area contributed by atoms with Gasteiger partial charge < -0.3 is 15.2 Å². The van der Waals surface area contributed by atoms with Crippen LogP contribution in [0.1, 0.15) is 28.7 Å². The fourth-order valence-electron chi connectivity index (χ4n) is 2.79. The SMILES string of the molecule is CCn1c(CNC(=O)c2ccc(C)cc2)nnc1SCC(=O)Nc1cc(Cl)cc(Cl)c1. The monoisotopic (exact) mass is 477 g/mol. The summed E-state index contributed by atoms with van der Waals surface area (Å²) < 4.78 is 1.86. The van der Waals surface area contributed by atoms with E-state index in [9.17, 15) is 9.59 Å². The van der Waals surface area contributed by atoms with Crippen LogP contribution in [0.15, 0.2) is 47.6 Å². The molecule has 2 N–H and O–H groups in total. The standard InChI is InChI=1S/C21H21Cl2N5O2S/c1-3-28-18(11-24-20(30)14-6-4-13(2)5-7-14)26-27-21(28)31-12-19(29)25-17-9-15(22)8-16(23)10-17/h4-10H,3,11-12H2,1-2H3,(H,24,30)(H,25,29). The van der Waals surface area contributed by atoms with Gasteiger partial charge >= 0.3 is 0 Å². The van der Waals surface area contributed by atoms with E-state index >= 15 is 0 Å². The van der Waals surface area contributed by atoms with Gasteiger partial charge in [0.15, 0.2) is 11.0 Å². The number of halogens is 2. The lowest BCUT2D eigenvalue weighted by atomic mass is 10.1. The molecule has 1 aromatic heterocycles. The smallest absolute Gasteiger partial charge is 0.251 e. The number of nitrogens with one attached hydrogen (secondary N) is 2. The van der Waals surface area contributed by atoms with Crippen molar-refractivity contribution in [3.05, 3.63) is 69.5 Å². The number of aryl methyl sites for hydroxylation is 1. The van der Waals surface area contributed by atoms with Gasteiger partial charge in [-0.25, -0.2) is 0 Å². The summed E-state index contributed by atoms with van der Waals surface area (Å²) in [4.78, 5) is 24.6. The van der Waals surface area contributed by atoms with Crippen LogP contribution in [-0.4, -0.2) is 32.3 Å². The van der Waals surface area contributed by atoms with E-state index in [0.29, 0.717) is 38.8 Å². The van der Waals surface area contributed by atoms with E-state index < -0.39 is 0 Å². The highest BCUT2D eigenvalue weighted by molar-refractivity contribution is 7.99. The predicted molar refractivity (Wildman–Crippen MR) is 124 cm³/mol. The van der Waals surface area contributed by atoms with Crippen LogP contribution in [-0.2, 0) is 17.9 Å². The minimum absolute atomic E-state index is 0.137. The molecule has 0 aliphatic carbocycles. The Morgan fingerprint density at radius 3 is 2.39 bits per heavy atom. The summed E-state index contributed by atoms with van der Waals surface area (Å²) in [5.41, 5.74) is 2.20. The first-order valence-electron chi connectivity index (χ1n) is 9.51. The number of rotatable bonds is 8. The Balaban J connectivity index is 1.57. The molecule has 3 aromatic rings. The van der Waals surface area contributed by atoms with Crippen LogP contribution < -0.4 is 10.6 Å². The summed E-state index contributed by atoms with van der Waals surface area (Å²) in [5, 5.41) is 15.4. The number of benzene rings is 2. The molecule has 0 unspecified atom stereocenters. The molecule has 162 valence electrons. The molecule has 2 aromatic carbocycles. The first kappa shape index (κ1) is 23.1. The number of amides is 2. The van der Waals surface area contributed by atoms with Gasteiger partial charge in [-0.15, -0.1) is 10.2 Å². The van der Waals surface area contributed by atoms with Crippen LogP contribution in [0.2, 0.25) is 10.0 Å².